The number of hydrogen-bond donors (Lipinski definition) is 0. The number of ketones is 1. The van der Waals surface area contributed by atoms with Crippen LogP contribution in [0.4, 0.5) is 0 Å². The number of rotatable bonds is 6. The van der Waals surface area contributed by atoms with Gasteiger partial charge in [0.1, 0.15) is 17.4 Å². The molecule has 0 saturated carbocycles. The first kappa shape index (κ1) is 22.1. The third kappa shape index (κ3) is 4.00. The molecule has 2 atom stereocenters. The van der Waals surface area contributed by atoms with Gasteiger partial charge in [0.05, 0.1) is 20.8 Å². The first-order valence-corrected chi connectivity index (χ1v) is 10.5. The molecule has 1 aliphatic carbocycles. The number of allylic oxidation sites excluding steroid dienone is 2. The van der Waals surface area contributed by atoms with Gasteiger partial charge in [0, 0.05) is 34.9 Å². The molecule has 0 bridgehead atoms. The van der Waals surface area contributed by atoms with Crippen molar-refractivity contribution in [1.29, 1.82) is 0 Å². The van der Waals surface area contributed by atoms with E-state index in [4.69, 9.17) is 19.2 Å². The van der Waals surface area contributed by atoms with Crippen molar-refractivity contribution in [2.24, 2.45) is 16.3 Å². The Kier molecular flexibility index (Phi) is 6.34. The number of methoxy groups -OCH3 is 2. The Balaban J connectivity index is 2.28. The van der Waals surface area contributed by atoms with Crippen LogP contribution in [0.2, 0.25) is 0 Å². The molecular weight excluding hydrogens is 382 g/mol. The zero-order valence-corrected chi connectivity index (χ0v) is 18.7. The summed E-state index contributed by atoms with van der Waals surface area (Å²) in [6.07, 6.45) is 1.70. The fraction of sp³-hybridized carbons (Fsp3) is 0.542. The fourth-order valence-electron chi connectivity index (χ4n) is 4.58. The largest absolute Gasteiger partial charge is 0.497 e. The van der Waals surface area contributed by atoms with Crippen LogP contribution in [-0.2, 0) is 14.3 Å². The summed E-state index contributed by atoms with van der Waals surface area (Å²) in [5.41, 5.74) is 2.71. The second-order valence-electron chi connectivity index (χ2n) is 8.57. The maximum absolute atomic E-state index is 13.4. The molecule has 3 rings (SSSR count). The number of carbonyl (C=O) groups is 2. The van der Waals surface area contributed by atoms with E-state index < -0.39 is 11.8 Å². The van der Waals surface area contributed by atoms with Gasteiger partial charge >= 0.3 is 5.97 Å². The highest BCUT2D eigenvalue weighted by molar-refractivity contribution is 6.09. The first-order valence-electron chi connectivity index (χ1n) is 10.5. The minimum atomic E-state index is -0.667. The molecule has 6 heteroatoms. The summed E-state index contributed by atoms with van der Waals surface area (Å²) >= 11 is 0. The predicted molar refractivity (Wildman–Crippen MR) is 115 cm³/mol. The molecule has 1 unspecified atom stereocenters. The Hall–Kier alpha value is -2.63. The van der Waals surface area contributed by atoms with Crippen LogP contribution in [0.25, 0.3) is 0 Å². The van der Waals surface area contributed by atoms with E-state index in [2.05, 4.69) is 13.8 Å². The average molecular weight is 414 g/mol. The first-order chi connectivity index (χ1) is 14.3. The number of nitrogens with zero attached hydrogens (tertiary/aromatic N) is 1. The lowest BCUT2D eigenvalue weighted by atomic mass is 9.66. The summed E-state index contributed by atoms with van der Waals surface area (Å²) in [6.45, 7) is 8.18. The van der Waals surface area contributed by atoms with Gasteiger partial charge in [0.2, 0.25) is 0 Å². The highest BCUT2D eigenvalue weighted by Crippen LogP contribution is 2.50. The third-order valence-electron chi connectivity index (χ3n) is 5.85. The van der Waals surface area contributed by atoms with Crippen molar-refractivity contribution < 1.29 is 23.8 Å². The van der Waals surface area contributed by atoms with Crippen LogP contribution in [0.5, 0.6) is 11.5 Å². The van der Waals surface area contributed by atoms with E-state index >= 15 is 0 Å². The van der Waals surface area contributed by atoms with Crippen molar-refractivity contribution in [3.8, 4) is 11.5 Å². The van der Waals surface area contributed by atoms with Gasteiger partial charge in [-0.15, -0.1) is 0 Å². The number of esters is 1. The van der Waals surface area contributed by atoms with Crippen molar-refractivity contribution in [2.45, 2.75) is 52.9 Å². The van der Waals surface area contributed by atoms with Crippen LogP contribution < -0.4 is 9.47 Å². The minimum Gasteiger partial charge on any atom is -0.497 e. The monoisotopic (exact) mass is 413 g/mol. The molecule has 1 aromatic rings. The lowest BCUT2D eigenvalue weighted by molar-refractivity contribution is -0.146. The van der Waals surface area contributed by atoms with Gasteiger partial charge < -0.3 is 14.2 Å². The number of Topliss-reactive ketones (excluding diaryl/α,β-unsaturated/α-hetero) is 1. The van der Waals surface area contributed by atoms with Crippen LogP contribution >= 0.6 is 0 Å². The number of aliphatic imine (C=N–C) groups is 1. The molecule has 0 N–H and O–H groups in total. The number of carbonyl (C=O) groups excluding carboxylic acids is 2. The molecule has 6 nitrogen and oxygen atoms in total. The number of hydrogen-bond acceptors (Lipinski definition) is 6. The van der Waals surface area contributed by atoms with Crippen LogP contribution in [0.15, 0.2) is 34.5 Å². The Morgan fingerprint density at radius 2 is 1.90 bits per heavy atom. The summed E-state index contributed by atoms with van der Waals surface area (Å²) in [6, 6.07) is 5.47. The van der Waals surface area contributed by atoms with E-state index in [1.165, 1.54) is 0 Å². The van der Waals surface area contributed by atoms with Crippen LogP contribution in [0, 0.1) is 11.3 Å². The molecule has 0 saturated heterocycles. The molecule has 1 heterocycles. The molecule has 0 amide bonds. The van der Waals surface area contributed by atoms with Crippen molar-refractivity contribution >= 4 is 17.5 Å². The van der Waals surface area contributed by atoms with E-state index in [1.807, 2.05) is 19.1 Å². The number of ether oxygens (including phenoxy) is 3. The van der Waals surface area contributed by atoms with Gasteiger partial charge in [0.25, 0.3) is 0 Å². The molecule has 0 aromatic heterocycles. The van der Waals surface area contributed by atoms with Crippen LogP contribution in [0.3, 0.4) is 0 Å². The SMILES string of the molecule is CCOC(=O)C1C(CC)=NC2=C(C(=O)CC(C)(C)C2)[C@H]1c1cc(OC)ccc1OC. The zero-order chi connectivity index (χ0) is 22.1. The third-order valence-corrected chi connectivity index (χ3v) is 5.85. The molecule has 1 aromatic carbocycles. The standard InChI is InChI=1S/C24H31NO5/c1-7-16-22(23(27)30-8-2)20(15-11-14(28-5)9-10-19(15)29-6)21-17(25-16)12-24(3,4)13-18(21)26/h9-11,20,22H,7-8,12-13H2,1-6H3/t20-,22?/m1/s1. The van der Waals surface area contributed by atoms with Crippen LogP contribution in [0.1, 0.15) is 58.4 Å². The maximum atomic E-state index is 13.4. The quantitative estimate of drug-likeness (QED) is 0.643. The van der Waals surface area contributed by atoms with Gasteiger partial charge in [-0.05, 0) is 43.4 Å². The molecule has 0 fully saturated rings. The molecule has 0 radical (unpaired) electrons. The molecule has 1 aliphatic heterocycles. The van der Waals surface area contributed by atoms with Gasteiger partial charge in [-0.25, -0.2) is 0 Å². The van der Waals surface area contributed by atoms with E-state index in [1.54, 1.807) is 27.2 Å². The predicted octanol–water partition coefficient (Wildman–Crippen LogP) is 4.47. The minimum absolute atomic E-state index is 0.0318. The van der Waals surface area contributed by atoms with E-state index in [9.17, 15) is 9.59 Å². The van der Waals surface area contributed by atoms with Gasteiger partial charge in [-0.3, -0.25) is 14.6 Å². The molecule has 162 valence electrons. The van der Waals surface area contributed by atoms with Crippen molar-refractivity contribution in [3.05, 3.63) is 35.0 Å². The Morgan fingerprint density at radius 1 is 1.17 bits per heavy atom. The molecular formula is C24H31NO5. The summed E-state index contributed by atoms with van der Waals surface area (Å²) in [7, 11) is 3.18. The van der Waals surface area contributed by atoms with Crippen molar-refractivity contribution in [1.82, 2.24) is 0 Å². The summed E-state index contributed by atoms with van der Waals surface area (Å²) < 4.78 is 16.5. The second kappa shape index (κ2) is 8.62. The summed E-state index contributed by atoms with van der Waals surface area (Å²) in [4.78, 5) is 31.3. The lowest BCUT2D eigenvalue weighted by Crippen LogP contribution is -2.40. The van der Waals surface area contributed by atoms with E-state index in [-0.39, 0.29) is 23.8 Å². The normalized spacial score (nSPS) is 22.9. The second-order valence-corrected chi connectivity index (χ2v) is 8.57. The Bertz CT molecular complexity index is 912. The molecule has 0 spiro atoms. The fourth-order valence-corrected chi connectivity index (χ4v) is 4.58. The van der Waals surface area contributed by atoms with Gasteiger partial charge in [-0.2, -0.15) is 0 Å². The summed E-state index contributed by atoms with van der Waals surface area (Å²) in [5, 5.41) is 0. The highest BCUT2D eigenvalue weighted by atomic mass is 16.5. The Morgan fingerprint density at radius 3 is 2.50 bits per heavy atom. The molecule has 30 heavy (non-hydrogen) atoms. The smallest absolute Gasteiger partial charge is 0.315 e. The average Bonchev–Trinajstić information content (AvgIpc) is 2.70. The van der Waals surface area contributed by atoms with E-state index in [0.717, 1.165) is 17.0 Å². The summed E-state index contributed by atoms with van der Waals surface area (Å²) in [5.74, 6) is -0.266. The van der Waals surface area contributed by atoms with Crippen molar-refractivity contribution in [2.75, 3.05) is 20.8 Å². The van der Waals surface area contributed by atoms with Gasteiger partial charge in [-0.1, -0.05) is 20.8 Å². The highest BCUT2D eigenvalue weighted by Gasteiger charge is 2.47. The van der Waals surface area contributed by atoms with Crippen molar-refractivity contribution in [3.63, 3.8) is 0 Å². The Labute approximate surface area is 178 Å². The van der Waals surface area contributed by atoms with Crippen LogP contribution in [-0.4, -0.2) is 38.3 Å². The van der Waals surface area contributed by atoms with E-state index in [0.29, 0.717) is 36.3 Å². The maximum Gasteiger partial charge on any atom is 0.315 e. The molecule has 2 aliphatic rings. The topological polar surface area (TPSA) is 74.2 Å². The van der Waals surface area contributed by atoms with Gasteiger partial charge in [0.15, 0.2) is 5.78 Å². The lowest BCUT2D eigenvalue weighted by Gasteiger charge is -2.39. The zero-order valence-electron chi connectivity index (χ0n) is 18.7. The number of benzene rings is 1.